The van der Waals surface area contributed by atoms with E-state index in [0.717, 1.165) is 16.9 Å². The zero-order valence-corrected chi connectivity index (χ0v) is 18.5. The Bertz CT molecular complexity index is 1180. The fraction of sp³-hybridized carbons (Fsp3) is 0.409. The molecule has 0 radical (unpaired) electrons. The number of nitrogens with zero attached hydrogens (tertiary/aromatic N) is 2. The summed E-state index contributed by atoms with van der Waals surface area (Å²) in [6.45, 7) is 4.61. The average molecular weight is 461 g/mol. The zero-order valence-electron chi connectivity index (χ0n) is 17.7. The van der Waals surface area contributed by atoms with Crippen LogP contribution in [0.3, 0.4) is 0 Å². The van der Waals surface area contributed by atoms with Gasteiger partial charge >= 0.3 is 5.97 Å². The fourth-order valence-corrected chi connectivity index (χ4v) is 4.46. The molecule has 1 aromatic heterocycles. The van der Waals surface area contributed by atoms with Crippen LogP contribution < -0.4 is 24.2 Å². The highest BCUT2D eigenvalue weighted by Crippen LogP contribution is 2.30. The van der Waals surface area contributed by atoms with Gasteiger partial charge in [-0.05, 0) is 30.7 Å². The number of hydrogen-bond donors (Lipinski definition) is 0. The lowest BCUT2D eigenvalue weighted by atomic mass is 10.2. The number of rotatable bonds is 5. The van der Waals surface area contributed by atoms with E-state index in [2.05, 4.69) is 0 Å². The van der Waals surface area contributed by atoms with Gasteiger partial charge < -0.3 is 23.8 Å². The van der Waals surface area contributed by atoms with E-state index in [1.54, 1.807) is 30.0 Å². The van der Waals surface area contributed by atoms with Crippen LogP contribution in [0.2, 0.25) is 0 Å². The minimum atomic E-state index is -0.563. The molecule has 170 valence electrons. The highest BCUT2D eigenvalue weighted by molar-refractivity contribution is 7.07. The predicted octanol–water partition coefficient (Wildman–Crippen LogP) is -0.288. The summed E-state index contributed by atoms with van der Waals surface area (Å²) in [7, 11) is 0. The monoisotopic (exact) mass is 460 g/mol. The number of fused-ring (bicyclic) bond motifs is 1. The summed E-state index contributed by atoms with van der Waals surface area (Å²) in [6, 6.07) is 5.41. The molecule has 3 heterocycles. The molecule has 0 spiro atoms. The summed E-state index contributed by atoms with van der Waals surface area (Å²) in [5.41, 5.74) is 0.406. The number of amides is 1. The lowest BCUT2D eigenvalue weighted by molar-refractivity contribution is -0.136. The fourth-order valence-electron chi connectivity index (χ4n) is 3.43. The molecule has 1 amide bonds. The molecule has 0 aliphatic carbocycles. The van der Waals surface area contributed by atoms with Crippen LogP contribution in [-0.2, 0) is 25.6 Å². The van der Waals surface area contributed by atoms with Gasteiger partial charge in [-0.2, -0.15) is 0 Å². The maximum atomic E-state index is 13.2. The van der Waals surface area contributed by atoms with Gasteiger partial charge in [0.15, 0.2) is 11.5 Å². The second-order valence-corrected chi connectivity index (χ2v) is 8.20. The average Bonchev–Trinajstić information content (AvgIpc) is 3.08. The summed E-state index contributed by atoms with van der Waals surface area (Å²) in [5.74, 6) is 0.511. The van der Waals surface area contributed by atoms with E-state index in [0.29, 0.717) is 60.2 Å². The third-order valence-electron chi connectivity index (χ3n) is 4.99. The molecule has 2 aliphatic heterocycles. The predicted molar refractivity (Wildman–Crippen MR) is 117 cm³/mol. The Kier molecular flexibility index (Phi) is 6.91. The molecule has 10 heteroatoms. The normalized spacial score (nSPS) is 16.8. The largest absolute Gasteiger partial charge is 0.486 e. The maximum absolute atomic E-state index is 13.2. The molecule has 1 saturated heterocycles. The molecule has 1 fully saturated rings. The van der Waals surface area contributed by atoms with E-state index in [4.69, 9.17) is 18.9 Å². The van der Waals surface area contributed by atoms with E-state index in [1.165, 1.54) is 10.6 Å². The Morgan fingerprint density at radius 2 is 1.88 bits per heavy atom. The highest BCUT2D eigenvalue weighted by atomic mass is 32.1. The Morgan fingerprint density at radius 1 is 1.12 bits per heavy atom. The van der Waals surface area contributed by atoms with Crippen LogP contribution in [0.15, 0.2) is 23.0 Å². The second kappa shape index (κ2) is 10.0. The van der Waals surface area contributed by atoms with Gasteiger partial charge in [-0.1, -0.05) is 6.07 Å². The van der Waals surface area contributed by atoms with Gasteiger partial charge in [0.2, 0.25) is 5.91 Å². The van der Waals surface area contributed by atoms with Crippen LogP contribution in [0.4, 0.5) is 0 Å². The van der Waals surface area contributed by atoms with Crippen molar-refractivity contribution in [3.05, 3.63) is 43.3 Å². The van der Waals surface area contributed by atoms with Crippen molar-refractivity contribution in [1.82, 2.24) is 9.47 Å². The first-order valence-electron chi connectivity index (χ1n) is 10.4. The number of carbonyl (C=O) groups excluding carboxylic acids is 2. The van der Waals surface area contributed by atoms with Gasteiger partial charge in [0.25, 0.3) is 5.56 Å². The standard InChI is InChI=1S/C22H24N2O7S/c1-2-29-21(26)13-20-24(14-19(25)23-5-7-28-8-6-23)22(27)18(32-20)12-15-3-4-16-17(11-15)31-10-9-30-16/h3-4,11-13H,2,5-10,14H2,1H3/b18-12-,20-13-. The van der Waals surface area contributed by atoms with Crippen LogP contribution in [-0.4, -0.2) is 67.5 Å². The maximum Gasteiger partial charge on any atom is 0.333 e. The number of esters is 1. The molecule has 0 bridgehead atoms. The molecule has 1 aromatic carbocycles. The Balaban J connectivity index is 1.72. The minimum absolute atomic E-state index is 0.157. The smallest absolute Gasteiger partial charge is 0.333 e. The van der Waals surface area contributed by atoms with E-state index in [9.17, 15) is 14.4 Å². The first kappa shape index (κ1) is 22.1. The van der Waals surface area contributed by atoms with E-state index >= 15 is 0 Å². The van der Waals surface area contributed by atoms with Gasteiger partial charge in [-0.15, -0.1) is 11.3 Å². The van der Waals surface area contributed by atoms with E-state index in [-0.39, 0.29) is 24.6 Å². The van der Waals surface area contributed by atoms with Gasteiger partial charge in [0, 0.05) is 13.1 Å². The van der Waals surface area contributed by atoms with Crippen molar-refractivity contribution in [3.63, 3.8) is 0 Å². The second-order valence-electron chi connectivity index (χ2n) is 7.13. The lowest BCUT2D eigenvalue weighted by Gasteiger charge is -2.26. The number of ether oxygens (including phenoxy) is 4. The van der Waals surface area contributed by atoms with Crippen molar-refractivity contribution < 1.29 is 28.5 Å². The molecule has 0 N–H and O–H groups in total. The van der Waals surface area contributed by atoms with Crippen molar-refractivity contribution in [1.29, 1.82) is 0 Å². The summed E-state index contributed by atoms with van der Waals surface area (Å²) in [5, 5.41) is 0. The van der Waals surface area contributed by atoms with Crippen molar-refractivity contribution >= 4 is 35.4 Å². The molecule has 0 unspecified atom stereocenters. The first-order valence-corrected chi connectivity index (χ1v) is 11.2. The molecule has 4 rings (SSSR count). The number of hydrogen-bond acceptors (Lipinski definition) is 8. The minimum Gasteiger partial charge on any atom is -0.486 e. The Morgan fingerprint density at radius 3 is 2.62 bits per heavy atom. The summed E-state index contributed by atoms with van der Waals surface area (Å²) in [4.78, 5) is 39.6. The zero-order chi connectivity index (χ0) is 22.5. The van der Waals surface area contributed by atoms with Crippen molar-refractivity contribution in [2.45, 2.75) is 13.5 Å². The molecular weight excluding hydrogens is 436 g/mol. The topological polar surface area (TPSA) is 96.3 Å². The van der Waals surface area contributed by atoms with Crippen molar-refractivity contribution in [3.8, 4) is 11.5 Å². The quantitative estimate of drug-likeness (QED) is 0.566. The Labute approximate surface area is 188 Å². The van der Waals surface area contributed by atoms with Crippen LogP contribution in [0.5, 0.6) is 11.5 Å². The molecular formula is C22H24N2O7S. The highest BCUT2D eigenvalue weighted by Gasteiger charge is 2.19. The third-order valence-corrected chi connectivity index (χ3v) is 6.05. The summed E-state index contributed by atoms with van der Waals surface area (Å²) >= 11 is 1.13. The Hall–Kier alpha value is -3.11. The number of benzene rings is 1. The molecule has 0 saturated carbocycles. The van der Waals surface area contributed by atoms with Crippen LogP contribution >= 0.6 is 11.3 Å². The SMILES string of the molecule is CCOC(=O)/C=c1\s/c(=C\c2ccc3c(c2)OCCO3)c(=O)n1CC(=O)N1CCOCC1. The van der Waals surface area contributed by atoms with Crippen LogP contribution in [0.25, 0.3) is 12.2 Å². The van der Waals surface area contributed by atoms with Crippen LogP contribution in [0, 0.1) is 0 Å². The number of carbonyl (C=O) groups is 2. The first-order chi connectivity index (χ1) is 15.5. The van der Waals surface area contributed by atoms with Gasteiger partial charge in [-0.25, -0.2) is 4.79 Å². The van der Waals surface area contributed by atoms with Crippen molar-refractivity contribution in [2.75, 3.05) is 46.1 Å². The van der Waals surface area contributed by atoms with Crippen molar-refractivity contribution in [2.24, 2.45) is 0 Å². The van der Waals surface area contributed by atoms with E-state index < -0.39 is 5.97 Å². The molecule has 9 nitrogen and oxygen atoms in total. The summed E-state index contributed by atoms with van der Waals surface area (Å²) in [6.07, 6.45) is 2.97. The summed E-state index contributed by atoms with van der Waals surface area (Å²) < 4.78 is 23.5. The number of morpholine rings is 1. The number of aromatic nitrogens is 1. The van der Waals surface area contributed by atoms with Crippen LogP contribution in [0.1, 0.15) is 12.5 Å². The van der Waals surface area contributed by atoms with Gasteiger partial charge in [-0.3, -0.25) is 14.2 Å². The molecule has 2 aliphatic rings. The molecule has 0 atom stereocenters. The lowest BCUT2D eigenvalue weighted by Crippen LogP contribution is -2.45. The van der Waals surface area contributed by atoms with E-state index in [1.807, 2.05) is 6.07 Å². The van der Waals surface area contributed by atoms with Gasteiger partial charge in [0.1, 0.15) is 24.4 Å². The number of thiazole rings is 1. The third kappa shape index (κ3) is 5.03. The molecule has 32 heavy (non-hydrogen) atoms. The van der Waals surface area contributed by atoms with Gasteiger partial charge in [0.05, 0.1) is 30.4 Å². The molecule has 2 aromatic rings.